The molecule has 2 rings (SSSR count). The van der Waals surface area contributed by atoms with Crippen molar-refractivity contribution in [2.45, 2.75) is 18.2 Å². The van der Waals surface area contributed by atoms with Crippen LogP contribution < -0.4 is 10.5 Å². The standard InChI is InChI=1S/C13H17N3OS/c1-4-8-5-12(18-3)9(6-11(8)17-2)10-7-15-16-13(10)14/h5-7H,4H2,1-3H3,(H3,14,15,16). The molecule has 1 heterocycles. The highest BCUT2D eigenvalue weighted by atomic mass is 32.2. The van der Waals surface area contributed by atoms with E-state index < -0.39 is 0 Å². The predicted molar refractivity (Wildman–Crippen MR) is 76.1 cm³/mol. The first-order valence-corrected chi connectivity index (χ1v) is 6.97. The van der Waals surface area contributed by atoms with Crippen LogP contribution in [-0.4, -0.2) is 23.6 Å². The summed E-state index contributed by atoms with van der Waals surface area (Å²) >= 11 is 1.70. The second-order valence-corrected chi connectivity index (χ2v) is 4.76. The number of nitrogen functional groups attached to an aromatic ring is 1. The van der Waals surface area contributed by atoms with Gasteiger partial charge in [-0.1, -0.05) is 6.92 Å². The minimum absolute atomic E-state index is 0.580. The fraction of sp³-hybridized carbons (Fsp3) is 0.308. The molecule has 0 radical (unpaired) electrons. The second-order valence-electron chi connectivity index (χ2n) is 3.92. The summed E-state index contributed by atoms with van der Waals surface area (Å²) in [5, 5.41) is 6.73. The normalized spacial score (nSPS) is 10.6. The summed E-state index contributed by atoms with van der Waals surface area (Å²) in [5.74, 6) is 1.47. The van der Waals surface area contributed by atoms with Crippen molar-refractivity contribution >= 4 is 17.6 Å². The van der Waals surface area contributed by atoms with Gasteiger partial charge in [0.25, 0.3) is 0 Å². The molecule has 1 aromatic carbocycles. The van der Waals surface area contributed by atoms with Crippen molar-refractivity contribution in [3.8, 4) is 16.9 Å². The number of ether oxygens (including phenoxy) is 1. The number of anilines is 1. The molecule has 0 saturated heterocycles. The predicted octanol–water partition coefficient (Wildman–Crippen LogP) is 2.95. The van der Waals surface area contributed by atoms with Gasteiger partial charge in [0.2, 0.25) is 0 Å². The number of aryl methyl sites for hydroxylation is 1. The Labute approximate surface area is 111 Å². The van der Waals surface area contributed by atoms with E-state index in [9.17, 15) is 0 Å². The Hall–Kier alpha value is -1.62. The smallest absolute Gasteiger partial charge is 0.126 e. The third-order valence-electron chi connectivity index (χ3n) is 2.94. The van der Waals surface area contributed by atoms with E-state index in [0.29, 0.717) is 5.82 Å². The molecule has 18 heavy (non-hydrogen) atoms. The number of thioether (sulfide) groups is 1. The highest BCUT2D eigenvalue weighted by Gasteiger charge is 2.13. The number of nitrogens with two attached hydrogens (primary N) is 1. The third-order valence-corrected chi connectivity index (χ3v) is 3.72. The topological polar surface area (TPSA) is 63.9 Å². The zero-order chi connectivity index (χ0) is 13.1. The van der Waals surface area contributed by atoms with Gasteiger partial charge in [-0.15, -0.1) is 11.8 Å². The van der Waals surface area contributed by atoms with Crippen LogP contribution in [0.5, 0.6) is 5.75 Å². The molecule has 0 unspecified atom stereocenters. The van der Waals surface area contributed by atoms with Crippen LogP contribution in [0.15, 0.2) is 23.2 Å². The minimum atomic E-state index is 0.580. The van der Waals surface area contributed by atoms with Crippen molar-refractivity contribution in [2.75, 3.05) is 19.1 Å². The molecule has 0 bridgehead atoms. The number of nitrogens with one attached hydrogen (secondary N) is 1. The number of H-pyrrole nitrogens is 1. The summed E-state index contributed by atoms with van der Waals surface area (Å²) in [4.78, 5) is 1.18. The maximum atomic E-state index is 5.89. The lowest BCUT2D eigenvalue weighted by Crippen LogP contribution is -1.95. The molecule has 0 aliphatic carbocycles. The van der Waals surface area contributed by atoms with E-state index in [2.05, 4.69) is 29.4 Å². The summed E-state index contributed by atoms with van der Waals surface area (Å²) in [6.07, 6.45) is 4.74. The number of methoxy groups -OCH3 is 1. The Kier molecular flexibility index (Phi) is 3.81. The molecule has 4 nitrogen and oxygen atoms in total. The number of hydrogen-bond donors (Lipinski definition) is 2. The Morgan fingerprint density at radius 3 is 2.67 bits per heavy atom. The maximum absolute atomic E-state index is 5.89. The first kappa shape index (κ1) is 12.8. The molecule has 0 aliphatic heterocycles. The van der Waals surface area contributed by atoms with Crippen molar-refractivity contribution in [3.05, 3.63) is 23.9 Å². The number of aromatic amines is 1. The second kappa shape index (κ2) is 5.35. The monoisotopic (exact) mass is 263 g/mol. The van der Waals surface area contributed by atoms with Crippen LogP contribution >= 0.6 is 11.8 Å². The third kappa shape index (κ3) is 2.18. The number of benzene rings is 1. The average Bonchev–Trinajstić information content (AvgIpc) is 2.83. The van der Waals surface area contributed by atoms with Gasteiger partial charge in [-0.3, -0.25) is 5.10 Å². The van der Waals surface area contributed by atoms with Gasteiger partial charge in [0.15, 0.2) is 0 Å². The van der Waals surface area contributed by atoms with Gasteiger partial charge in [0.1, 0.15) is 11.6 Å². The molecule has 0 spiro atoms. The van der Waals surface area contributed by atoms with Gasteiger partial charge in [0.05, 0.1) is 13.3 Å². The molecule has 0 amide bonds. The number of hydrogen-bond acceptors (Lipinski definition) is 4. The van der Waals surface area contributed by atoms with Crippen LogP contribution in [0, 0.1) is 0 Å². The molecule has 0 atom stereocenters. The summed E-state index contributed by atoms with van der Waals surface area (Å²) in [6.45, 7) is 2.12. The highest BCUT2D eigenvalue weighted by Crippen LogP contribution is 2.37. The van der Waals surface area contributed by atoms with E-state index in [-0.39, 0.29) is 0 Å². The molecule has 0 aliphatic rings. The van der Waals surface area contributed by atoms with E-state index in [0.717, 1.165) is 23.3 Å². The lowest BCUT2D eigenvalue weighted by molar-refractivity contribution is 0.410. The molecule has 0 saturated carbocycles. The minimum Gasteiger partial charge on any atom is -0.496 e. The molecular weight excluding hydrogens is 246 g/mol. The van der Waals surface area contributed by atoms with Gasteiger partial charge in [-0.25, -0.2) is 0 Å². The Bertz CT molecular complexity index is 551. The molecule has 1 aromatic heterocycles. The van der Waals surface area contributed by atoms with Crippen LogP contribution in [0.2, 0.25) is 0 Å². The van der Waals surface area contributed by atoms with E-state index >= 15 is 0 Å². The fourth-order valence-corrected chi connectivity index (χ4v) is 2.61. The van der Waals surface area contributed by atoms with Crippen molar-refractivity contribution in [1.29, 1.82) is 0 Å². The lowest BCUT2D eigenvalue weighted by Gasteiger charge is -2.13. The number of rotatable bonds is 4. The van der Waals surface area contributed by atoms with Crippen LogP contribution in [0.4, 0.5) is 5.82 Å². The van der Waals surface area contributed by atoms with Crippen LogP contribution in [0.1, 0.15) is 12.5 Å². The van der Waals surface area contributed by atoms with E-state index in [4.69, 9.17) is 10.5 Å². The van der Waals surface area contributed by atoms with Crippen molar-refractivity contribution < 1.29 is 4.74 Å². The zero-order valence-electron chi connectivity index (χ0n) is 10.8. The quantitative estimate of drug-likeness (QED) is 0.832. The molecule has 5 heteroatoms. The number of aromatic nitrogens is 2. The van der Waals surface area contributed by atoms with Crippen LogP contribution in [-0.2, 0) is 6.42 Å². The van der Waals surface area contributed by atoms with Gasteiger partial charge in [-0.05, 0) is 30.4 Å². The fourth-order valence-electron chi connectivity index (χ4n) is 1.96. The van der Waals surface area contributed by atoms with E-state index in [1.807, 2.05) is 6.07 Å². The summed E-state index contributed by atoms with van der Waals surface area (Å²) in [6, 6.07) is 4.19. The Morgan fingerprint density at radius 1 is 1.39 bits per heavy atom. The van der Waals surface area contributed by atoms with E-state index in [1.54, 1.807) is 25.1 Å². The van der Waals surface area contributed by atoms with Gasteiger partial charge >= 0.3 is 0 Å². The van der Waals surface area contributed by atoms with E-state index in [1.165, 1.54) is 10.5 Å². The largest absolute Gasteiger partial charge is 0.496 e. The summed E-state index contributed by atoms with van der Waals surface area (Å²) in [7, 11) is 1.69. The Morgan fingerprint density at radius 2 is 2.17 bits per heavy atom. The van der Waals surface area contributed by atoms with Gasteiger partial charge in [0, 0.05) is 16.0 Å². The van der Waals surface area contributed by atoms with Gasteiger partial charge < -0.3 is 10.5 Å². The highest BCUT2D eigenvalue weighted by molar-refractivity contribution is 7.98. The average molecular weight is 263 g/mol. The summed E-state index contributed by atoms with van der Waals surface area (Å²) < 4.78 is 5.43. The molecule has 0 fully saturated rings. The molecule has 2 aromatic rings. The first-order valence-electron chi connectivity index (χ1n) is 5.75. The van der Waals surface area contributed by atoms with Crippen LogP contribution in [0.25, 0.3) is 11.1 Å². The van der Waals surface area contributed by atoms with Crippen LogP contribution in [0.3, 0.4) is 0 Å². The summed E-state index contributed by atoms with van der Waals surface area (Å²) in [5.41, 5.74) is 9.07. The molecule has 3 N–H and O–H groups in total. The number of nitrogens with zero attached hydrogens (tertiary/aromatic N) is 1. The SMILES string of the molecule is CCc1cc(SC)c(-c2cn[nH]c2N)cc1OC. The van der Waals surface area contributed by atoms with Gasteiger partial charge in [-0.2, -0.15) is 5.10 Å². The lowest BCUT2D eigenvalue weighted by atomic mass is 10.0. The van der Waals surface area contributed by atoms with Crippen molar-refractivity contribution in [1.82, 2.24) is 10.2 Å². The molecule has 96 valence electrons. The van der Waals surface area contributed by atoms with Crippen molar-refractivity contribution in [2.24, 2.45) is 0 Å². The first-order chi connectivity index (χ1) is 8.71. The zero-order valence-corrected chi connectivity index (χ0v) is 11.6. The molecular formula is C13H17N3OS. The Balaban J connectivity index is 2.62. The van der Waals surface area contributed by atoms with Crippen molar-refractivity contribution in [3.63, 3.8) is 0 Å². The maximum Gasteiger partial charge on any atom is 0.126 e.